The highest BCUT2D eigenvalue weighted by Gasteiger charge is 2.33. The molecule has 0 bridgehead atoms. The van der Waals surface area contributed by atoms with Crippen molar-refractivity contribution in [3.8, 4) is 5.75 Å². The van der Waals surface area contributed by atoms with Crippen molar-refractivity contribution in [1.29, 1.82) is 0 Å². The molecule has 1 amide bonds. The van der Waals surface area contributed by atoms with Crippen molar-refractivity contribution < 1.29 is 13.9 Å². The maximum absolute atomic E-state index is 12.5. The number of carbonyl (C=O) groups excluding carboxylic acids is 1. The number of hydrogen-bond donors (Lipinski definition) is 0. The molecule has 1 saturated heterocycles. The Hall–Kier alpha value is -2.05. The first-order valence-electron chi connectivity index (χ1n) is 6.13. The molecule has 0 N–H and O–H groups in total. The summed E-state index contributed by atoms with van der Waals surface area (Å²) in [6.07, 6.45) is 4.92. The molecule has 21 heavy (non-hydrogen) atoms. The zero-order chi connectivity index (χ0) is 14.8. The number of amides is 1. The molecule has 0 unspecified atom stereocenters. The van der Waals surface area contributed by atoms with Crippen molar-refractivity contribution in [2.75, 3.05) is 12.0 Å². The molecular formula is C15H11NO3S2. The molecule has 0 radical (unpaired) electrons. The highest BCUT2D eigenvalue weighted by molar-refractivity contribution is 8.27. The van der Waals surface area contributed by atoms with Crippen LogP contribution in [0.15, 0.2) is 52.2 Å². The fourth-order valence-electron chi connectivity index (χ4n) is 1.93. The second-order valence-corrected chi connectivity index (χ2v) is 5.95. The van der Waals surface area contributed by atoms with Crippen LogP contribution in [-0.2, 0) is 4.79 Å². The minimum Gasteiger partial charge on any atom is -0.497 e. The standard InChI is InChI=1S/C15H11NO3S2/c1-18-12-4-2-11(3-5-12)16-14(17)13(21-15(16)20)8-10-6-7-19-9-10/h2-9H,1H3/b13-8+. The summed E-state index contributed by atoms with van der Waals surface area (Å²) in [5, 5.41) is 0. The first-order valence-corrected chi connectivity index (χ1v) is 7.36. The van der Waals surface area contributed by atoms with E-state index in [2.05, 4.69) is 0 Å². The van der Waals surface area contributed by atoms with Crippen LogP contribution in [0.2, 0.25) is 0 Å². The third-order valence-corrected chi connectivity index (χ3v) is 4.27. The highest BCUT2D eigenvalue weighted by atomic mass is 32.2. The fraction of sp³-hybridized carbons (Fsp3) is 0.0667. The topological polar surface area (TPSA) is 42.7 Å². The minimum absolute atomic E-state index is 0.128. The monoisotopic (exact) mass is 317 g/mol. The summed E-state index contributed by atoms with van der Waals surface area (Å²) in [6, 6.07) is 9.01. The van der Waals surface area contributed by atoms with Crippen molar-refractivity contribution >= 4 is 46.0 Å². The third-order valence-electron chi connectivity index (χ3n) is 2.97. The van der Waals surface area contributed by atoms with E-state index in [-0.39, 0.29) is 5.91 Å². The average molecular weight is 317 g/mol. The SMILES string of the molecule is COc1ccc(N2C(=O)/C(=C\c3ccoc3)SC2=S)cc1. The summed E-state index contributed by atoms with van der Waals surface area (Å²) in [5.74, 6) is 0.606. The Balaban J connectivity index is 1.90. The lowest BCUT2D eigenvalue weighted by Crippen LogP contribution is -2.27. The van der Waals surface area contributed by atoms with Crippen molar-refractivity contribution in [2.45, 2.75) is 0 Å². The number of ether oxygens (including phenoxy) is 1. The van der Waals surface area contributed by atoms with Gasteiger partial charge >= 0.3 is 0 Å². The number of rotatable bonds is 3. The largest absolute Gasteiger partial charge is 0.497 e. The quantitative estimate of drug-likeness (QED) is 0.638. The minimum atomic E-state index is -0.128. The molecule has 4 nitrogen and oxygen atoms in total. The van der Waals surface area contributed by atoms with Gasteiger partial charge in [0.1, 0.15) is 5.75 Å². The molecule has 0 spiro atoms. The first-order chi connectivity index (χ1) is 10.2. The molecule has 6 heteroatoms. The van der Waals surface area contributed by atoms with E-state index in [0.717, 1.165) is 17.0 Å². The van der Waals surface area contributed by atoms with Crippen LogP contribution in [-0.4, -0.2) is 17.3 Å². The number of methoxy groups -OCH3 is 1. The second-order valence-electron chi connectivity index (χ2n) is 4.27. The van der Waals surface area contributed by atoms with Crippen LogP contribution >= 0.6 is 24.0 Å². The number of furan rings is 1. The van der Waals surface area contributed by atoms with Crippen LogP contribution in [0.25, 0.3) is 6.08 Å². The van der Waals surface area contributed by atoms with Crippen LogP contribution in [0.4, 0.5) is 5.69 Å². The highest BCUT2D eigenvalue weighted by Crippen LogP contribution is 2.36. The van der Waals surface area contributed by atoms with E-state index in [1.807, 2.05) is 12.1 Å². The number of nitrogens with zero attached hydrogens (tertiary/aromatic N) is 1. The van der Waals surface area contributed by atoms with Gasteiger partial charge in [0.25, 0.3) is 5.91 Å². The van der Waals surface area contributed by atoms with Gasteiger partial charge in [0.05, 0.1) is 30.2 Å². The van der Waals surface area contributed by atoms with Crippen molar-refractivity contribution in [1.82, 2.24) is 0 Å². The number of benzene rings is 1. The molecule has 2 heterocycles. The van der Waals surface area contributed by atoms with Crippen LogP contribution in [0.3, 0.4) is 0 Å². The van der Waals surface area contributed by atoms with Gasteiger partial charge < -0.3 is 9.15 Å². The number of thioether (sulfide) groups is 1. The van der Waals surface area contributed by atoms with E-state index in [1.54, 1.807) is 43.9 Å². The lowest BCUT2D eigenvalue weighted by atomic mass is 10.2. The number of thiocarbonyl (C=S) groups is 1. The van der Waals surface area contributed by atoms with Gasteiger partial charge in [-0.05, 0) is 36.4 Å². The predicted molar refractivity (Wildman–Crippen MR) is 87.4 cm³/mol. The molecule has 1 aromatic heterocycles. The summed E-state index contributed by atoms with van der Waals surface area (Å²) in [5.41, 5.74) is 1.57. The van der Waals surface area contributed by atoms with Crippen molar-refractivity contribution in [3.63, 3.8) is 0 Å². The van der Waals surface area contributed by atoms with Crippen molar-refractivity contribution in [3.05, 3.63) is 53.3 Å². The molecule has 0 atom stereocenters. The molecule has 0 aliphatic carbocycles. The lowest BCUT2D eigenvalue weighted by molar-refractivity contribution is -0.113. The molecule has 1 aromatic carbocycles. The Labute approximate surface area is 131 Å². The Morgan fingerprint density at radius 1 is 1.29 bits per heavy atom. The summed E-state index contributed by atoms with van der Waals surface area (Å²) >= 11 is 6.59. The maximum atomic E-state index is 12.5. The number of hydrogen-bond acceptors (Lipinski definition) is 5. The van der Waals surface area contributed by atoms with Gasteiger partial charge in [0, 0.05) is 5.56 Å². The molecule has 1 fully saturated rings. The van der Waals surface area contributed by atoms with E-state index in [4.69, 9.17) is 21.4 Å². The van der Waals surface area contributed by atoms with Gasteiger partial charge in [-0.15, -0.1) is 0 Å². The molecule has 0 saturated carbocycles. The van der Waals surface area contributed by atoms with Crippen LogP contribution in [0, 0.1) is 0 Å². The van der Waals surface area contributed by atoms with Crippen molar-refractivity contribution in [2.24, 2.45) is 0 Å². The van der Waals surface area contributed by atoms with E-state index in [9.17, 15) is 4.79 Å². The van der Waals surface area contributed by atoms with E-state index in [1.165, 1.54) is 16.7 Å². The average Bonchev–Trinajstić information content (AvgIpc) is 3.09. The molecule has 2 aromatic rings. The van der Waals surface area contributed by atoms with Crippen LogP contribution in [0.5, 0.6) is 5.75 Å². The lowest BCUT2D eigenvalue weighted by Gasteiger charge is -2.14. The Morgan fingerprint density at radius 2 is 2.05 bits per heavy atom. The second kappa shape index (κ2) is 5.75. The van der Waals surface area contributed by atoms with Crippen LogP contribution in [0.1, 0.15) is 5.56 Å². The Kier molecular flexibility index (Phi) is 3.81. The molecule has 1 aliphatic rings. The summed E-state index contributed by atoms with van der Waals surface area (Å²) in [4.78, 5) is 14.6. The third kappa shape index (κ3) is 2.72. The fourth-order valence-corrected chi connectivity index (χ4v) is 3.23. The van der Waals surface area contributed by atoms with E-state index < -0.39 is 0 Å². The summed E-state index contributed by atoms with van der Waals surface area (Å²) < 4.78 is 10.6. The van der Waals surface area contributed by atoms with Gasteiger partial charge in [0.2, 0.25) is 0 Å². The first kappa shape index (κ1) is 13.9. The number of carbonyl (C=O) groups is 1. The van der Waals surface area contributed by atoms with Gasteiger partial charge in [0.15, 0.2) is 4.32 Å². The molecule has 3 rings (SSSR count). The Morgan fingerprint density at radius 3 is 2.67 bits per heavy atom. The van der Waals surface area contributed by atoms with Gasteiger partial charge in [-0.3, -0.25) is 9.69 Å². The molecule has 106 valence electrons. The maximum Gasteiger partial charge on any atom is 0.270 e. The number of anilines is 1. The summed E-state index contributed by atoms with van der Waals surface area (Å²) in [6.45, 7) is 0. The normalized spacial score (nSPS) is 16.8. The smallest absolute Gasteiger partial charge is 0.270 e. The van der Waals surface area contributed by atoms with E-state index >= 15 is 0 Å². The van der Waals surface area contributed by atoms with Gasteiger partial charge in [-0.25, -0.2) is 0 Å². The van der Waals surface area contributed by atoms with Gasteiger partial charge in [-0.2, -0.15) is 0 Å². The molecular weight excluding hydrogens is 306 g/mol. The van der Waals surface area contributed by atoms with Crippen LogP contribution < -0.4 is 9.64 Å². The molecule has 1 aliphatic heterocycles. The Bertz CT molecular complexity index is 705. The predicted octanol–water partition coefficient (Wildman–Crippen LogP) is 3.69. The van der Waals surface area contributed by atoms with Gasteiger partial charge in [-0.1, -0.05) is 24.0 Å². The summed E-state index contributed by atoms with van der Waals surface area (Å²) in [7, 11) is 1.60. The zero-order valence-corrected chi connectivity index (χ0v) is 12.7. The zero-order valence-electron chi connectivity index (χ0n) is 11.1. The van der Waals surface area contributed by atoms with E-state index in [0.29, 0.717) is 9.23 Å².